The van der Waals surface area contributed by atoms with Crippen LogP contribution in [-0.4, -0.2) is 42.1 Å². The molecule has 1 N–H and O–H groups in total. The first-order valence-electron chi connectivity index (χ1n) is 6.59. The van der Waals surface area contributed by atoms with Crippen LogP contribution in [0.2, 0.25) is 0 Å². The zero-order valence-corrected chi connectivity index (χ0v) is 11.1. The molecule has 5 heteroatoms. The molecule has 0 aromatic carbocycles. The van der Waals surface area contributed by atoms with Crippen LogP contribution in [0.15, 0.2) is 10.6 Å². The zero-order valence-electron chi connectivity index (χ0n) is 11.1. The molecule has 2 heterocycles. The first-order valence-corrected chi connectivity index (χ1v) is 6.59. The molecule has 0 saturated carbocycles. The van der Waals surface area contributed by atoms with Crippen molar-refractivity contribution in [2.45, 2.75) is 26.7 Å². The van der Waals surface area contributed by atoms with Crippen LogP contribution in [-0.2, 0) is 0 Å². The zero-order chi connectivity index (χ0) is 13.0. The summed E-state index contributed by atoms with van der Waals surface area (Å²) < 4.78 is 4.91. The van der Waals surface area contributed by atoms with Gasteiger partial charge in [-0.1, -0.05) is 12.1 Å². The maximum atomic E-state index is 11.7. The lowest BCUT2D eigenvalue weighted by molar-refractivity contribution is 0.0907. The van der Waals surface area contributed by atoms with Crippen molar-refractivity contribution in [3.8, 4) is 0 Å². The van der Waals surface area contributed by atoms with Crippen molar-refractivity contribution in [3.63, 3.8) is 0 Å². The highest BCUT2D eigenvalue weighted by Gasteiger charge is 2.16. The Morgan fingerprint density at radius 1 is 1.67 bits per heavy atom. The molecule has 1 amide bonds. The number of nitrogens with one attached hydrogen (secondary N) is 1. The molecule has 18 heavy (non-hydrogen) atoms. The molecule has 2 rings (SSSR count). The van der Waals surface area contributed by atoms with Gasteiger partial charge in [-0.3, -0.25) is 4.79 Å². The third kappa shape index (κ3) is 3.57. The van der Waals surface area contributed by atoms with Crippen LogP contribution in [0.4, 0.5) is 0 Å². The van der Waals surface area contributed by atoms with E-state index in [-0.39, 0.29) is 5.91 Å². The summed E-state index contributed by atoms with van der Waals surface area (Å²) >= 11 is 0. The number of carbonyl (C=O) groups excluding carboxylic acids is 1. The molecular formula is C13H21N3O2. The number of aryl methyl sites for hydroxylation is 1. The van der Waals surface area contributed by atoms with E-state index in [1.165, 1.54) is 12.8 Å². The summed E-state index contributed by atoms with van der Waals surface area (Å²) in [5, 5.41) is 6.56. The van der Waals surface area contributed by atoms with E-state index in [1.807, 2.05) is 0 Å². The van der Waals surface area contributed by atoms with Crippen LogP contribution in [0.3, 0.4) is 0 Å². The van der Waals surface area contributed by atoms with Crippen LogP contribution >= 0.6 is 0 Å². The summed E-state index contributed by atoms with van der Waals surface area (Å²) in [5.41, 5.74) is 0.727. The SMILES string of the molecule is Cc1cc(C(=O)NCCN2CCC[C@H](C)C2)on1. The summed E-state index contributed by atoms with van der Waals surface area (Å²) in [4.78, 5) is 14.1. The molecule has 0 bridgehead atoms. The minimum atomic E-state index is -0.180. The van der Waals surface area contributed by atoms with Crippen LogP contribution in [0.25, 0.3) is 0 Å². The maximum absolute atomic E-state index is 11.7. The van der Waals surface area contributed by atoms with Gasteiger partial charge >= 0.3 is 0 Å². The highest BCUT2D eigenvalue weighted by molar-refractivity contribution is 5.91. The van der Waals surface area contributed by atoms with E-state index < -0.39 is 0 Å². The Morgan fingerprint density at radius 2 is 2.50 bits per heavy atom. The van der Waals surface area contributed by atoms with Crippen molar-refractivity contribution in [3.05, 3.63) is 17.5 Å². The largest absolute Gasteiger partial charge is 0.351 e. The van der Waals surface area contributed by atoms with Crippen LogP contribution < -0.4 is 5.32 Å². The average Bonchev–Trinajstić information content (AvgIpc) is 2.76. The predicted octanol–water partition coefficient (Wildman–Crippen LogP) is 1.44. The van der Waals surface area contributed by atoms with Gasteiger partial charge in [-0.25, -0.2) is 0 Å². The molecule has 1 aromatic rings. The van der Waals surface area contributed by atoms with Crippen molar-refractivity contribution in [1.82, 2.24) is 15.4 Å². The third-order valence-corrected chi connectivity index (χ3v) is 3.31. The highest BCUT2D eigenvalue weighted by Crippen LogP contribution is 2.14. The van der Waals surface area contributed by atoms with Gasteiger partial charge in [-0.15, -0.1) is 0 Å². The molecule has 0 aliphatic carbocycles. The summed E-state index contributed by atoms with van der Waals surface area (Å²) in [5.74, 6) is 0.881. The second kappa shape index (κ2) is 6.00. The van der Waals surface area contributed by atoms with Gasteiger partial charge in [0.05, 0.1) is 5.69 Å². The summed E-state index contributed by atoms with van der Waals surface area (Å²) in [7, 11) is 0. The highest BCUT2D eigenvalue weighted by atomic mass is 16.5. The molecule has 1 atom stereocenters. The minimum absolute atomic E-state index is 0.180. The van der Waals surface area contributed by atoms with E-state index in [0.29, 0.717) is 12.3 Å². The number of aromatic nitrogens is 1. The normalized spacial score (nSPS) is 20.9. The van der Waals surface area contributed by atoms with Gasteiger partial charge in [0.15, 0.2) is 0 Å². The van der Waals surface area contributed by atoms with Crippen LogP contribution in [0.1, 0.15) is 36.0 Å². The summed E-state index contributed by atoms with van der Waals surface area (Å²) in [6, 6.07) is 1.65. The van der Waals surface area contributed by atoms with Crippen molar-refractivity contribution in [1.29, 1.82) is 0 Å². The van der Waals surface area contributed by atoms with Gasteiger partial charge in [-0.2, -0.15) is 0 Å². The van der Waals surface area contributed by atoms with Gasteiger partial charge in [0.1, 0.15) is 0 Å². The smallest absolute Gasteiger partial charge is 0.289 e. The van der Waals surface area contributed by atoms with Gasteiger partial charge in [0.2, 0.25) is 5.76 Å². The average molecular weight is 251 g/mol. The van der Waals surface area contributed by atoms with E-state index in [2.05, 4.69) is 22.3 Å². The molecule has 1 aliphatic heterocycles. The number of hydrogen-bond donors (Lipinski definition) is 1. The molecule has 1 fully saturated rings. The Kier molecular flexibility index (Phi) is 4.36. The Labute approximate surface area is 108 Å². The van der Waals surface area contributed by atoms with Crippen LogP contribution in [0.5, 0.6) is 0 Å². The monoisotopic (exact) mass is 251 g/mol. The molecule has 1 aromatic heterocycles. The number of carbonyl (C=O) groups is 1. The topological polar surface area (TPSA) is 58.4 Å². The Bertz CT molecular complexity index is 403. The van der Waals surface area contributed by atoms with Crippen molar-refractivity contribution in [2.24, 2.45) is 5.92 Å². The second-order valence-electron chi connectivity index (χ2n) is 5.14. The minimum Gasteiger partial charge on any atom is -0.351 e. The fraction of sp³-hybridized carbons (Fsp3) is 0.692. The number of likely N-dealkylation sites (tertiary alicyclic amines) is 1. The molecule has 0 radical (unpaired) electrons. The maximum Gasteiger partial charge on any atom is 0.289 e. The number of hydrogen-bond acceptors (Lipinski definition) is 4. The molecule has 0 spiro atoms. The predicted molar refractivity (Wildman–Crippen MR) is 68.4 cm³/mol. The molecular weight excluding hydrogens is 230 g/mol. The van der Waals surface area contributed by atoms with Gasteiger partial charge in [0, 0.05) is 25.7 Å². The molecule has 1 aliphatic rings. The third-order valence-electron chi connectivity index (χ3n) is 3.31. The fourth-order valence-electron chi connectivity index (χ4n) is 2.38. The van der Waals surface area contributed by atoms with Crippen molar-refractivity contribution < 1.29 is 9.32 Å². The van der Waals surface area contributed by atoms with Gasteiger partial charge in [0.25, 0.3) is 5.91 Å². The lowest BCUT2D eigenvalue weighted by Gasteiger charge is -2.30. The Morgan fingerprint density at radius 3 is 3.17 bits per heavy atom. The van der Waals surface area contributed by atoms with E-state index in [4.69, 9.17) is 4.52 Å². The van der Waals surface area contributed by atoms with Crippen molar-refractivity contribution in [2.75, 3.05) is 26.2 Å². The molecule has 0 unspecified atom stereocenters. The lowest BCUT2D eigenvalue weighted by Crippen LogP contribution is -2.40. The van der Waals surface area contributed by atoms with E-state index in [9.17, 15) is 4.79 Å². The van der Waals surface area contributed by atoms with E-state index >= 15 is 0 Å². The summed E-state index contributed by atoms with van der Waals surface area (Å²) in [6.07, 6.45) is 2.58. The Balaban J connectivity index is 1.70. The number of piperidine rings is 1. The number of amides is 1. The van der Waals surface area contributed by atoms with E-state index in [0.717, 1.165) is 31.2 Å². The Hall–Kier alpha value is -1.36. The first kappa shape index (κ1) is 13.1. The lowest BCUT2D eigenvalue weighted by atomic mass is 10.0. The number of rotatable bonds is 4. The van der Waals surface area contributed by atoms with Crippen LogP contribution in [0, 0.1) is 12.8 Å². The summed E-state index contributed by atoms with van der Waals surface area (Å²) in [6.45, 7) is 7.92. The fourth-order valence-corrected chi connectivity index (χ4v) is 2.38. The first-order chi connectivity index (χ1) is 8.65. The molecule has 5 nitrogen and oxygen atoms in total. The van der Waals surface area contributed by atoms with Crippen molar-refractivity contribution >= 4 is 5.91 Å². The second-order valence-corrected chi connectivity index (χ2v) is 5.14. The quantitative estimate of drug-likeness (QED) is 0.880. The number of nitrogens with zero attached hydrogens (tertiary/aromatic N) is 2. The molecule has 100 valence electrons. The molecule has 1 saturated heterocycles. The standard InChI is InChI=1S/C13H21N3O2/c1-10-4-3-6-16(9-10)7-5-14-13(17)12-8-11(2)15-18-12/h8,10H,3-7,9H2,1-2H3,(H,14,17)/t10-/m0/s1. The van der Waals surface area contributed by atoms with E-state index in [1.54, 1.807) is 13.0 Å². The van der Waals surface area contributed by atoms with Gasteiger partial charge in [-0.05, 0) is 32.2 Å². The van der Waals surface area contributed by atoms with Gasteiger partial charge < -0.3 is 14.7 Å².